The normalized spacial score (nSPS) is 21.9. The van der Waals surface area contributed by atoms with E-state index in [4.69, 9.17) is 9.72 Å². The summed E-state index contributed by atoms with van der Waals surface area (Å²) in [5, 5.41) is 5.96. The number of benzene rings is 3. The van der Waals surface area contributed by atoms with Crippen LogP contribution < -0.4 is 5.32 Å². The van der Waals surface area contributed by atoms with E-state index in [0.717, 1.165) is 59.1 Å². The van der Waals surface area contributed by atoms with Crippen LogP contribution in [0.2, 0.25) is 0 Å². The third-order valence-corrected chi connectivity index (χ3v) is 9.01. The lowest BCUT2D eigenvalue weighted by Crippen LogP contribution is -2.37. The Labute approximate surface area is 264 Å². The fourth-order valence-corrected chi connectivity index (χ4v) is 6.70. The number of carbonyl (C=O) groups excluding carboxylic acids is 1. The first-order valence-electron chi connectivity index (χ1n) is 16.1. The number of ether oxygens (including phenoxy) is 1. The van der Waals surface area contributed by atoms with Gasteiger partial charge in [0.15, 0.2) is 0 Å². The molecule has 232 valence electrons. The molecule has 5 aromatic rings. The highest BCUT2D eigenvalue weighted by atomic mass is 16.6. The van der Waals surface area contributed by atoms with Gasteiger partial charge in [-0.25, -0.2) is 14.8 Å². The van der Waals surface area contributed by atoms with Crippen molar-refractivity contribution < 1.29 is 9.53 Å². The first-order valence-corrected chi connectivity index (χ1v) is 16.1. The molecule has 2 saturated heterocycles. The molecule has 45 heavy (non-hydrogen) atoms. The van der Waals surface area contributed by atoms with E-state index in [-0.39, 0.29) is 12.1 Å². The number of amides is 1. The molecule has 2 fully saturated rings. The largest absolute Gasteiger partial charge is 0.444 e. The highest BCUT2D eigenvalue weighted by Crippen LogP contribution is 2.36. The lowest BCUT2D eigenvalue weighted by atomic mass is 9.98. The first-order chi connectivity index (χ1) is 21.6. The summed E-state index contributed by atoms with van der Waals surface area (Å²) in [6.45, 7) is 11.8. The molecule has 0 radical (unpaired) electrons. The van der Waals surface area contributed by atoms with Gasteiger partial charge in [-0.2, -0.15) is 0 Å². The molecule has 7 rings (SSSR count). The summed E-state index contributed by atoms with van der Waals surface area (Å²) in [6.07, 6.45) is 5.50. The fourth-order valence-electron chi connectivity index (χ4n) is 6.70. The van der Waals surface area contributed by atoms with Gasteiger partial charge in [0.05, 0.1) is 35.9 Å². The number of aromatic nitrogens is 4. The molecule has 0 unspecified atom stereocenters. The van der Waals surface area contributed by atoms with Crippen molar-refractivity contribution in [2.75, 3.05) is 13.1 Å². The SMILES string of the molecule is C[C@@H]1CN[C@H](c2ncc(-c3ccc4cc(-c5ccc(-c6cnc([C@@H]7C[C@H](C)CN7C(=O)OC(C)(C)C)[nH]6)cc5)ccc4c3)[nH]2)C1. The molecule has 0 saturated carbocycles. The summed E-state index contributed by atoms with van der Waals surface area (Å²) in [6, 6.07) is 22.0. The zero-order valence-electron chi connectivity index (χ0n) is 26.7. The lowest BCUT2D eigenvalue weighted by molar-refractivity contribution is 0.0214. The van der Waals surface area contributed by atoms with Crippen molar-refractivity contribution in [1.29, 1.82) is 0 Å². The number of hydrogen-bond donors (Lipinski definition) is 3. The van der Waals surface area contributed by atoms with Crippen LogP contribution in [-0.2, 0) is 4.74 Å². The average Bonchev–Trinajstić information content (AvgIpc) is 3.83. The maximum absolute atomic E-state index is 12.9. The Hall–Kier alpha value is -4.43. The number of H-pyrrole nitrogens is 2. The number of rotatable bonds is 5. The van der Waals surface area contributed by atoms with Crippen LogP contribution in [-0.4, -0.2) is 49.6 Å². The van der Waals surface area contributed by atoms with Crippen LogP contribution in [0, 0.1) is 11.8 Å². The van der Waals surface area contributed by atoms with Crippen molar-refractivity contribution >= 4 is 16.9 Å². The average molecular weight is 603 g/mol. The summed E-state index contributed by atoms with van der Waals surface area (Å²) < 4.78 is 5.68. The van der Waals surface area contributed by atoms with Crippen LogP contribution in [0.25, 0.3) is 44.4 Å². The van der Waals surface area contributed by atoms with Crippen molar-refractivity contribution in [3.63, 3.8) is 0 Å². The van der Waals surface area contributed by atoms with Crippen LogP contribution in [0.3, 0.4) is 0 Å². The molecular weight excluding hydrogens is 560 g/mol. The van der Waals surface area contributed by atoms with Crippen LogP contribution in [0.1, 0.15) is 71.2 Å². The minimum Gasteiger partial charge on any atom is -0.444 e. The minimum atomic E-state index is -0.534. The van der Waals surface area contributed by atoms with Crippen molar-refractivity contribution in [2.45, 2.75) is 65.1 Å². The van der Waals surface area contributed by atoms with Gasteiger partial charge in [-0.1, -0.05) is 62.4 Å². The minimum absolute atomic E-state index is 0.121. The van der Waals surface area contributed by atoms with Gasteiger partial charge < -0.3 is 20.0 Å². The maximum atomic E-state index is 12.9. The Kier molecular flexibility index (Phi) is 7.48. The topological polar surface area (TPSA) is 98.9 Å². The lowest BCUT2D eigenvalue weighted by Gasteiger charge is -2.27. The summed E-state index contributed by atoms with van der Waals surface area (Å²) in [5.74, 6) is 2.88. The van der Waals surface area contributed by atoms with Gasteiger partial charge >= 0.3 is 6.09 Å². The molecule has 0 aliphatic carbocycles. The zero-order chi connectivity index (χ0) is 31.3. The van der Waals surface area contributed by atoms with E-state index >= 15 is 0 Å². The number of imidazole rings is 2. The van der Waals surface area contributed by atoms with Gasteiger partial charge in [-0.3, -0.25) is 4.90 Å². The van der Waals surface area contributed by atoms with Crippen LogP contribution in [0.15, 0.2) is 73.1 Å². The monoisotopic (exact) mass is 602 g/mol. The van der Waals surface area contributed by atoms with Crippen molar-refractivity contribution in [2.24, 2.45) is 11.8 Å². The quantitative estimate of drug-likeness (QED) is 0.188. The maximum Gasteiger partial charge on any atom is 0.410 e. The van der Waals surface area contributed by atoms with Crippen molar-refractivity contribution in [3.05, 3.63) is 84.7 Å². The molecule has 4 heterocycles. The second-order valence-corrected chi connectivity index (χ2v) is 14.0. The number of fused-ring (bicyclic) bond motifs is 1. The first kappa shape index (κ1) is 29.3. The molecule has 2 aromatic heterocycles. The molecule has 0 spiro atoms. The van der Waals surface area contributed by atoms with E-state index in [0.29, 0.717) is 24.4 Å². The van der Waals surface area contributed by atoms with E-state index in [2.05, 4.69) is 94.8 Å². The Morgan fingerprint density at radius 3 is 2.07 bits per heavy atom. The van der Waals surface area contributed by atoms with E-state index in [1.54, 1.807) is 0 Å². The highest BCUT2D eigenvalue weighted by Gasteiger charge is 2.38. The van der Waals surface area contributed by atoms with Gasteiger partial charge in [0, 0.05) is 12.1 Å². The molecule has 2 aliphatic heterocycles. The van der Waals surface area contributed by atoms with E-state index in [9.17, 15) is 4.79 Å². The third-order valence-electron chi connectivity index (χ3n) is 9.01. The second kappa shape index (κ2) is 11.5. The Bertz CT molecular complexity index is 1830. The molecule has 1 amide bonds. The predicted octanol–water partition coefficient (Wildman–Crippen LogP) is 8.28. The fraction of sp³-hybridized carbons (Fsp3) is 0.378. The second-order valence-electron chi connectivity index (χ2n) is 14.0. The van der Waals surface area contributed by atoms with Gasteiger partial charge in [-0.05, 0) is 91.6 Å². The molecule has 8 heteroatoms. The van der Waals surface area contributed by atoms with E-state index < -0.39 is 5.60 Å². The number of nitrogens with one attached hydrogen (secondary N) is 3. The number of nitrogens with zero attached hydrogens (tertiary/aromatic N) is 3. The standard InChI is InChI=1S/C37H42N6O2/c1-22-14-30(38-18-22)34-39-20-32(41-34)29-13-12-27-16-26(10-11-28(27)17-29)24-6-8-25(9-7-24)31-19-40-35(42-31)33-15-23(2)21-43(33)36(44)45-37(3,4)5/h6-13,16-17,19-20,22-23,30,33,38H,14-15,18,21H2,1-5H3,(H,39,41)(H,40,42)/t22-,23-,30-,33-/m0/s1. The summed E-state index contributed by atoms with van der Waals surface area (Å²) in [4.78, 5) is 31.1. The Balaban J connectivity index is 1.06. The number of carbonyl (C=O) groups is 1. The Morgan fingerprint density at radius 2 is 1.38 bits per heavy atom. The van der Waals surface area contributed by atoms with E-state index in [1.165, 1.54) is 16.3 Å². The van der Waals surface area contributed by atoms with Crippen molar-refractivity contribution in [1.82, 2.24) is 30.2 Å². The Morgan fingerprint density at radius 1 is 0.778 bits per heavy atom. The van der Waals surface area contributed by atoms with Crippen molar-refractivity contribution in [3.8, 4) is 33.6 Å². The summed E-state index contributed by atoms with van der Waals surface area (Å²) in [7, 11) is 0. The molecule has 2 aliphatic rings. The van der Waals surface area contributed by atoms with Gasteiger partial charge in [0.2, 0.25) is 0 Å². The van der Waals surface area contributed by atoms with Crippen LogP contribution in [0.5, 0.6) is 0 Å². The van der Waals surface area contributed by atoms with Crippen LogP contribution >= 0.6 is 0 Å². The zero-order valence-corrected chi connectivity index (χ0v) is 26.7. The molecule has 0 bridgehead atoms. The number of aromatic amines is 2. The van der Waals surface area contributed by atoms with E-state index in [1.807, 2.05) is 38.1 Å². The smallest absolute Gasteiger partial charge is 0.410 e. The third kappa shape index (κ3) is 6.12. The van der Waals surface area contributed by atoms with Gasteiger partial charge in [-0.15, -0.1) is 0 Å². The molecule has 4 atom stereocenters. The molecule has 3 aromatic carbocycles. The highest BCUT2D eigenvalue weighted by molar-refractivity contribution is 5.90. The van der Waals surface area contributed by atoms with Crippen LogP contribution in [0.4, 0.5) is 4.79 Å². The molecule has 8 nitrogen and oxygen atoms in total. The number of hydrogen-bond acceptors (Lipinski definition) is 5. The summed E-state index contributed by atoms with van der Waals surface area (Å²) in [5.41, 5.74) is 5.98. The molecular formula is C37H42N6O2. The van der Waals surface area contributed by atoms with Gasteiger partial charge in [0.1, 0.15) is 17.2 Å². The predicted molar refractivity (Wildman–Crippen MR) is 179 cm³/mol. The van der Waals surface area contributed by atoms with Gasteiger partial charge in [0.25, 0.3) is 0 Å². The summed E-state index contributed by atoms with van der Waals surface area (Å²) >= 11 is 0. The molecule has 3 N–H and O–H groups in total. The number of likely N-dealkylation sites (tertiary alicyclic amines) is 1.